The molecule has 2 atom stereocenters. The van der Waals surface area contributed by atoms with Crippen molar-refractivity contribution in [1.82, 2.24) is 38.2 Å². The molecule has 0 spiro atoms. The molecule has 0 radical (unpaired) electrons. The smallest absolute Gasteiger partial charge is 0.416 e. The molecule has 7 aliphatic rings. The highest BCUT2D eigenvalue weighted by Crippen LogP contribution is 2.42. The van der Waals surface area contributed by atoms with Gasteiger partial charge in [-0.3, -0.25) is 60.0 Å². The quantitative estimate of drug-likeness (QED) is 0.0293. The fraction of sp³-hybridized carbons (Fsp3) is 0.388. The highest BCUT2D eigenvalue weighted by molar-refractivity contribution is 6.08. The number of aliphatic hydroxyl groups is 1. The van der Waals surface area contributed by atoms with Crippen molar-refractivity contribution in [2.45, 2.75) is 160 Å². The van der Waals surface area contributed by atoms with Gasteiger partial charge in [-0.05, 0) is 216 Å². The van der Waals surface area contributed by atoms with E-state index in [4.69, 9.17) is 23.7 Å². The number of nitrogens with zero attached hydrogens (tertiary/aromatic N) is 12. The molecule has 8 amide bonds. The van der Waals surface area contributed by atoms with Crippen molar-refractivity contribution in [3.63, 3.8) is 0 Å². The van der Waals surface area contributed by atoms with Crippen LogP contribution in [0, 0.1) is 17.8 Å². The minimum atomic E-state index is -4.65. The van der Waals surface area contributed by atoms with Crippen LogP contribution in [0.25, 0.3) is 44.1 Å². The zero-order chi connectivity index (χ0) is 99.8. The number of fused-ring (bicyclic) bond motifs is 4. The van der Waals surface area contributed by atoms with Gasteiger partial charge in [0.2, 0.25) is 23.8 Å². The van der Waals surface area contributed by atoms with Crippen LogP contribution in [0.3, 0.4) is 0 Å². The van der Waals surface area contributed by atoms with Gasteiger partial charge >= 0.3 is 42.9 Å². The van der Waals surface area contributed by atoms with E-state index < -0.39 is 96.0 Å². The summed E-state index contributed by atoms with van der Waals surface area (Å²) >= 11 is 0. The van der Waals surface area contributed by atoms with Crippen LogP contribution in [0.4, 0.5) is 123 Å². The molecule has 7 fully saturated rings. The third-order valence-electron chi connectivity index (χ3n) is 24.8. The van der Waals surface area contributed by atoms with Gasteiger partial charge in [0.1, 0.15) is 6.10 Å². The summed E-state index contributed by atoms with van der Waals surface area (Å²) in [6.07, 6.45) is -5.28. The van der Waals surface area contributed by atoms with Crippen LogP contribution in [0.15, 0.2) is 170 Å². The number of cyclic esters (lactones) is 4. The number of halogens is 13. The van der Waals surface area contributed by atoms with E-state index in [0.717, 1.165) is 122 Å². The summed E-state index contributed by atoms with van der Waals surface area (Å²) < 4.78 is 205. The molecular weight excluding hydrogens is 1870 g/mol. The van der Waals surface area contributed by atoms with E-state index in [1.54, 1.807) is 50.8 Å². The lowest BCUT2D eigenvalue weighted by molar-refractivity contribution is -0.138. The van der Waals surface area contributed by atoms with Crippen molar-refractivity contribution in [3.05, 3.63) is 214 Å². The van der Waals surface area contributed by atoms with Gasteiger partial charge < -0.3 is 47.1 Å². The van der Waals surface area contributed by atoms with Gasteiger partial charge in [0, 0.05) is 129 Å². The number of anilines is 8. The van der Waals surface area contributed by atoms with E-state index in [9.17, 15) is 101 Å². The van der Waals surface area contributed by atoms with E-state index in [2.05, 4.69) is 41.2 Å². The van der Waals surface area contributed by atoms with Crippen molar-refractivity contribution in [2.75, 3.05) is 107 Å². The summed E-state index contributed by atoms with van der Waals surface area (Å²) in [6.45, 7) is 5.67. The molecule has 8 aromatic carbocycles. The Morgan fingerprint density at radius 2 is 0.773 bits per heavy atom. The van der Waals surface area contributed by atoms with E-state index in [1.807, 2.05) is 33.4 Å². The standard InChI is InChI=1S/C26H27F3N4O3.C25H25F3N4O4.C25H26F2N4O4.C22H19F5N4O3/c27-26(28,29)19-9-4-8-18(14-19)23(34)31-24-30-21-15-20(32-12-5-13-36-25(32)35)10-11-22(21)33(24)16-17-6-2-1-3-7-17;26-25(27,28)18-6-1-5-17(12-18)22(33)30-23-29-20-13-19(31-9-3-11-36-24(31)34)7-8-21(20)32(23)14-16-4-2-10-35-15-16;26-22(27)16-3-1-4-17(13-16)23(33)29-24-28-19-14-18(7-8-20(19)31(24)10-2-12-32)30-11-9-21(15-5-6-15)35-25(30)34;1-21(23,24)12-31-17-7-6-15(30-8-3-9-34-20(30)33)11-16(17)28-19(31)29-18(32)13-4-2-5-14(10-13)22(25,26)27/h4,8-11,14-15,17H,1-3,5-7,12-13,16H2,(H,30,31,34);1,5-8,12-13,16H,2-4,9-11,14-15H2,(H,29,30,33);1,3-4,7-8,13-15,21-22,32H,2,5-6,9-12H2,(H,28,29,33);2,4-7,10-11H,3,8-9,12H2,1H3,(H,28,29,32). The van der Waals surface area contributed by atoms with Gasteiger partial charge in [0.15, 0.2) is 0 Å². The maximum Gasteiger partial charge on any atom is 0.416 e. The van der Waals surface area contributed by atoms with Gasteiger partial charge in [0.05, 0.1) is 93.8 Å². The molecule has 30 nitrogen and oxygen atoms in total. The number of rotatable bonds is 23. The number of aromatic nitrogens is 8. The average molecular weight is 1970 g/mol. The van der Waals surface area contributed by atoms with Gasteiger partial charge in [0.25, 0.3) is 36.0 Å². The Labute approximate surface area is 796 Å². The molecule has 5 N–H and O–H groups in total. The molecule has 744 valence electrons. The summed E-state index contributed by atoms with van der Waals surface area (Å²) in [7, 11) is 0. The Morgan fingerprint density at radius 1 is 0.404 bits per heavy atom. The number of benzene rings is 8. The fourth-order valence-corrected chi connectivity index (χ4v) is 17.6. The molecule has 4 aromatic heterocycles. The molecule has 12 aromatic rings. The van der Waals surface area contributed by atoms with Crippen LogP contribution in [-0.2, 0) is 68.4 Å². The normalized spacial score (nSPS) is 17.3. The average Bonchev–Trinajstić information content (AvgIpc) is 1.64. The van der Waals surface area contributed by atoms with E-state index in [1.165, 1.54) is 76.9 Å². The number of aryl methyl sites for hydroxylation is 1. The molecule has 0 bridgehead atoms. The maximum absolute atomic E-state index is 13.9. The molecule has 19 rings (SSSR count). The molecule has 5 aliphatic heterocycles. The zero-order valence-corrected chi connectivity index (χ0v) is 75.9. The molecule has 2 unspecified atom stereocenters. The first-order chi connectivity index (χ1) is 67.4. The number of hydrogen-bond donors (Lipinski definition) is 5. The summed E-state index contributed by atoms with van der Waals surface area (Å²) in [4.78, 5) is 124. The molecule has 9 heterocycles. The first-order valence-electron chi connectivity index (χ1n) is 46.0. The van der Waals surface area contributed by atoms with Crippen molar-refractivity contribution in [1.29, 1.82) is 0 Å². The fourth-order valence-electron chi connectivity index (χ4n) is 17.6. The van der Waals surface area contributed by atoms with Crippen molar-refractivity contribution < 1.29 is 124 Å². The summed E-state index contributed by atoms with van der Waals surface area (Å²) in [5.74, 6) is -4.51. The Hall–Kier alpha value is -14.4. The highest BCUT2D eigenvalue weighted by atomic mass is 19.4. The van der Waals surface area contributed by atoms with E-state index >= 15 is 0 Å². The summed E-state index contributed by atoms with van der Waals surface area (Å²) in [5, 5.41) is 19.8. The third-order valence-corrected chi connectivity index (χ3v) is 24.8. The number of carbonyl (C=O) groups is 8. The summed E-state index contributed by atoms with van der Waals surface area (Å²) in [5.41, 5.74) is 3.20. The van der Waals surface area contributed by atoms with Crippen molar-refractivity contribution in [2.24, 2.45) is 17.8 Å². The second-order valence-electron chi connectivity index (χ2n) is 35.2. The second-order valence-corrected chi connectivity index (χ2v) is 35.2. The largest absolute Gasteiger partial charge is 0.449 e. The minimum Gasteiger partial charge on any atom is -0.449 e. The van der Waals surface area contributed by atoms with E-state index in [0.29, 0.717) is 168 Å². The van der Waals surface area contributed by atoms with E-state index in [-0.39, 0.29) is 87.4 Å². The molecule has 2 aliphatic carbocycles. The first kappa shape index (κ1) is 99.6. The maximum atomic E-state index is 13.9. The lowest BCUT2D eigenvalue weighted by Gasteiger charge is -2.31. The van der Waals surface area contributed by atoms with Crippen LogP contribution >= 0.6 is 0 Å². The predicted octanol–water partition coefficient (Wildman–Crippen LogP) is 21.4. The number of carbonyl (C=O) groups excluding carboxylic acids is 8. The number of amides is 8. The van der Waals surface area contributed by atoms with Crippen LogP contribution in [0.1, 0.15) is 167 Å². The van der Waals surface area contributed by atoms with Gasteiger partial charge in [-0.2, -0.15) is 39.5 Å². The van der Waals surface area contributed by atoms with Crippen molar-refractivity contribution in [3.8, 4) is 0 Å². The topological polar surface area (TPSA) is 335 Å². The SMILES string of the molecule is CC(F)(F)Cn1c(NC(=O)c2cccc(C(F)(F)F)c2)nc2cc(N3CCCOC3=O)ccc21.O=C(Nc1nc2cc(N3CCC(C4CC4)OC3=O)ccc2n1CCCO)c1cccc(C(F)F)c1.O=C(Nc1nc2cc(N3CCCOC3=O)ccc2n1CC1CCCCC1)c1cccc(C(F)(F)F)c1.O=C(Nc1nc2cc(N3CCCOC3=O)ccc2n1CC1CCCOC1)c1cccc(C(F)(F)F)c1. The van der Waals surface area contributed by atoms with Crippen molar-refractivity contribution >= 4 is 139 Å². The lowest BCUT2D eigenvalue weighted by atomic mass is 9.89. The molecule has 141 heavy (non-hydrogen) atoms. The van der Waals surface area contributed by atoms with Crippen LogP contribution in [-0.4, -0.2) is 169 Å². The monoisotopic (exact) mass is 1970 g/mol. The van der Waals surface area contributed by atoms with Crippen LogP contribution in [0.2, 0.25) is 0 Å². The Kier molecular flexibility index (Phi) is 30.2. The van der Waals surface area contributed by atoms with Crippen LogP contribution in [0.5, 0.6) is 0 Å². The Balaban J connectivity index is 0.000000135. The number of nitrogens with one attached hydrogen (secondary N) is 4. The lowest BCUT2D eigenvalue weighted by Crippen LogP contribution is -2.42. The molecule has 2 saturated carbocycles. The van der Waals surface area contributed by atoms with Crippen LogP contribution < -0.4 is 40.9 Å². The number of ether oxygens (including phenoxy) is 5. The zero-order valence-electron chi connectivity index (χ0n) is 75.9. The molecule has 43 heteroatoms. The van der Waals surface area contributed by atoms with Gasteiger partial charge in [-0.25, -0.2) is 56.7 Å². The number of alkyl halides is 13. The number of aliphatic hydroxyl groups excluding tert-OH is 1. The number of imidazole rings is 4. The minimum absolute atomic E-state index is 0.00874. The molecule has 5 saturated heterocycles. The van der Waals surface area contributed by atoms with Gasteiger partial charge in [-0.1, -0.05) is 49.6 Å². The first-order valence-corrected chi connectivity index (χ1v) is 46.0. The number of hydrogen-bond acceptors (Lipinski definition) is 18. The Bertz CT molecular complexity index is 6440. The predicted molar refractivity (Wildman–Crippen MR) is 494 cm³/mol. The highest BCUT2D eigenvalue weighted by Gasteiger charge is 2.41. The second kappa shape index (κ2) is 42.7. The van der Waals surface area contributed by atoms with Gasteiger partial charge in [-0.15, -0.1) is 0 Å². The molecular formula is C98H97F13N16O14. The summed E-state index contributed by atoms with van der Waals surface area (Å²) in [6, 6.07) is 38.3. The Morgan fingerprint density at radius 3 is 1.14 bits per heavy atom. The third kappa shape index (κ3) is 24.2.